The fourth-order valence-corrected chi connectivity index (χ4v) is 4.42. The SMILES string of the molecule is COC(=O)C1(Sc2ccc(C)cc2)CC(=O)NC1c1ccc(F)cc1F. The Labute approximate surface area is 153 Å². The van der Waals surface area contributed by atoms with Crippen molar-refractivity contribution in [3.8, 4) is 0 Å². The van der Waals surface area contributed by atoms with Gasteiger partial charge in [0, 0.05) is 16.5 Å². The van der Waals surface area contributed by atoms with Gasteiger partial charge in [-0.1, -0.05) is 23.8 Å². The highest BCUT2D eigenvalue weighted by molar-refractivity contribution is 8.01. The molecular formula is C19H17F2NO3S. The third kappa shape index (κ3) is 3.31. The van der Waals surface area contributed by atoms with Crippen LogP contribution in [0.2, 0.25) is 0 Å². The van der Waals surface area contributed by atoms with E-state index in [9.17, 15) is 18.4 Å². The van der Waals surface area contributed by atoms with Gasteiger partial charge in [0.1, 0.15) is 11.6 Å². The second-order valence-electron chi connectivity index (χ2n) is 6.14. The van der Waals surface area contributed by atoms with Crippen LogP contribution in [0.5, 0.6) is 0 Å². The predicted molar refractivity (Wildman–Crippen MR) is 93.6 cm³/mol. The van der Waals surface area contributed by atoms with Crippen LogP contribution in [-0.4, -0.2) is 23.7 Å². The number of carbonyl (C=O) groups excluding carboxylic acids is 2. The van der Waals surface area contributed by atoms with Gasteiger partial charge in [-0.3, -0.25) is 9.59 Å². The number of hydrogen-bond acceptors (Lipinski definition) is 4. The number of rotatable bonds is 4. The smallest absolute Gasteiger partial charge is 0.325 e. The lowest BCUT2D eigenvalue weighted by atomic mass is 9.92. The van der Waals surface area contributed by atoms with Gasteiger partial charge in [-0.2, -0.15) is 0 Å². The first-order valence-corrected chi connectivity index (χ1v) is 8.76. The monoisotopic (exact) mass is 377 g/mol. The third-order valence-corrected chi connectivity index (χ3v) is 5.74. The molecule has 0 aromatic heterocycles. The minimum absolute atomic E-state index is 0.0438. The summed E-state index contributed by atoms with van der Waals surface area (Å²) in [5.74, 6) is -2.60. The molecule has 26 heavy (non-hydrogen) atoms. The van der Waals surface area contributed by atoms with Gasteiger partial charge < -0.3 is 10.1 Å². The van der Waals surface area contributed by atoms with Crippen LogP contribution in [0.3, 0.4) is 0 Å². The highest BCUT2D eigenvalue weighted by Crippen LogP contribution is 2.49. The lowest BCUT2D eigenvalue weighted by Crippen LogP contribution is -2.41. The molecule has 0 spiro atoms. The predicted octanol–water partition coefficient (Wildman–Crippen LogP) is 3.54. The molecule has 4 nitrogen and oxygen atoms in total. The number of ether oxygens (including phenoxy) is 1. The van der Waals surface area contributed by atoms with Crippen molar-refractivity contribution in [1.82, 2.24) is 5.32 Å². The topological polar surface area (TPSA) is 55.4 Å². The van der Waals surface area contributed by atoms with Crippen LogP contribution in [0, 0.1) is 18.6 Å². The van der Waals surface area contributed by atoms with Crippen LogP contribution in [0.15, 0.2) is 47.4 Å². The zero-order valence-electron chi connectivity index (χ0n) is 14.2. The van der Waals surface area contributed by atoms with E-state index < -0.39 is 34.3 Å². The zero-order chi connectivity index (χ0) is 18.9. The van der Waals surface area contributed by atoms with E-state index >= 15 is 0 Å². The summed E-state index contributed by atoms with van der Waals surface area (Å²) in [5, 5.41) is 2.65. The fraction of sp³-hybridized carbons (Fsp3) is 0.263. The number of esters is 1. The van der Waals surface area contributed by atoms with Crippen molar-refractivity contribution in [1.29, 1.82) is 0 Å². The summed E-state index contributed by atoms with van der Waals surface area (Å²) in [4.78, 5) is 25.6. The molecule has 1 aliphatic rings. The molecule has 1 saturated heterocycles. The standard InChI is InChI=1S/C19H17F2NO3S/c1-11-3-6-13(7-4-11)26-19(18(24)25-2)10-16(23)22-17(19)14-8-5-12(20)9-15(14)21/h3-9,17H,10H2,1-2H3,(H,22,23). The van der Waals surface area contributed by atoms with E-state index in [1.807, 2.05) is 31.2 Å². The lowest BCUT2D eigenvalue weighted by molar-refractivity contribution is -0.144. The molecule has 1 amide bonds. The maximum absolute atomic E-state index is 14.4. The second-order valence-corrected chi connectivity index (χ2v) is 7.54. The van der Waals surface area contributed by atoms with Gasteiger partial charge >= 0.3 is 5.97 Å². The molecule has 0 bridgehead atoms. The van der Waals surface area contributed by atoms with Crippen molar-refractivity contribution in [3.05, 3.63) is 65.2 Å². The summed E-state index contributed by atoms with van der Waals surface area (Å²) < 4.78 is 31.2. The minimum atomic E-state index is -1.39. The third-order valence-electron chi connectivity index (χ3n) is 4.32. The van der Waals surface area contributed by atoms with E-state index in [2.05, 4.69) is 5.32 Å². The number of amides is 1. The first kappa shape index (κ1) is 18.4. The van der Waals surface area contributed by atoms with Crippen molar-refractivity contribution < 1.29 is 23.1 Å². The molecule has 7 heteroatoms. The second kappa shape index (κ2) is 7.07. The van der Waals surface area contributed by atoms with Crippen LogP contribution in [0.4, 0.5) is 8.78 Å². The van der Waals surface area contributed by atoms with Gasteiger partial charge in [0.25, 0.3) is 0 Å². The van der Waals surface area contributed by atoms with Crippen molar-refractivity contribution in [2.45, 2.75) is 29.0 Å². The summed E-state index contributed by atoms with van der Waals surface area (Å²) in [7, 11) is 1.22. The molecule has 3 rings (SSSR count). The molecule has 0 radical (unpaired) electrons. The van der Waals surface area contributed by atoms with Gasteiger partial charge in [-0.25, -0.2) is 8.78 Å². The Kier molecular flexibility index (Phi) is 5.00. The van der Waals surface area contributed by atoms with Crippen LogP contribution < -0.4 is 5.32 Å². The van der Waals surface area contributed by atoms with Crippen LogP contribution in [0.1, 0.15) is 23.6 Å². The average molecular weight is 377 g/mol. The molecule has 2 aromatic rings. The summed E-state index contributed by atoms with van der Waals surface area (Å²) in [6.07, 6.45) is -0.167. The quantitative estimate of drug-likeness (QED) is 0.828. The van der Waals surface area contributed by atoms with Gasteiger partial charge in [0.05, 0.1) is 19.6 Å². The molecular weight excluding hydrogens is 360 g/mol. The molecule has 2 atom stereocenters. The van der Waals surface area contributed by atoms with Crippen LogP contribution in [0.25, 0.3) is 0 Å². The maximum atomic E-state index is 14.4. The average Bonchev–Trinajstić information content (AvgIpc) is 2.93. The van der Waals surface area contributed by atoms with E-state index in [0.29, 0.717) is 0 Å². The van der Waals surface area contributed by atoms with Crippen molar-refractivity contribution >= 4 is 23.6 Å². The maximum Gasteiger partial charge on any atom is 0.325 e. The summed E-state index contributed by atoms with van der Waals surface area (Å²) >= 11 is 1.14. The highest BCUT2D eigenvalue weighted by atomic mass is 32.2. The molecule has 1 fully saturated rings. The normalized spacial score (nSPS) is 22.2. The van der Waals surface area contributed by atoms with Crippen molar-refractivity contribution in [3.63, 3.8) is 0 Å². The first-order valence-electron chi connectivity index (χ1n) is 7.94. The Morgan fingerprint density at radius 2 is 1.92 bits per heavy atom. The van der Waals surface area contributed by atoms with E-state index in [1.54, 1.807) is 0 Å². The number of hydrogen-bond donors (Lipinski definition) is 1. The largest absolute Gasteiger partial charge is 0.468 e. The summed E-state index contributed by atoms with van der Waals surface area (Å²) in [6.45, 7) is 1.93. The number of thioether (sulfide) groups is 1. The fourth-order valence-electron chi connectivity index (χ4n) is 3.05. The van der Waals surface area contributed by atoms with Crippen LogP contribution >= 0.6 is 11.8 Å². The minimum Gasteiger partial charge on any atom is -0.468 e. The van der Waals surface area contributed by atoms with E-state index in [-0.39, 0.29) is 12.0 Å². The lowest BCUT2D eigenvalue weighted by Gasteiger charge is -2.31. The highest BCUT2D eigenvalue weighted by Gasteiger charge is 2.56. The van der Waals surface area contributed by atoms with E-state index in [4.69, 9.17) is 4.74 Å². The molecule has 1 heterocycles. The molecule has 1 aliphatic heterocycles. The Hall–Kier alpha value is -2.41. The molecule has 136 valence electrons. The molecule has 2 aromatic carbocycles. The van der Waals surface area contributed by atoms with Gasteiger partial charge in [0.2, 0.25) is 5.91 Å². The Morgan fingerprint density at radius 1 is 1.23 bits per heavy atom. The van der Waals surface area contributed by atoms with Gasteiger partial charge in [0.15, 0.2) is 4.75 Å². The number of aryl methyl sites for hydroxylation is 1. The molecule has 0 saturated carbocycles. The molecule has 2 unspecified atom stereocenters. The van der Waals surface area contributed by atoms with Crippen molar-refractivity contribution in [2.24, 2.45) is 0 Å². The Bertz CT molecular complexity index is 856. The van der Waals surface area contributed by atoms with E-state index in [1.165, 1.54) is 13.2 Å². The number of nitrogens with one attached hydrogen (secondary N) is 1. The zero-order valence-corrected chi connectivity index (χ0v) is 15.0. The number of carbonyl (C=O) groups is 2. The molecule has 1 N–H and O–H groups in total. The number of halogens is 2. The van der Waals surface area contributed by atoms with Gasteiger partial charge in [-0.15, -0.1) is 11.8 Å². The Morgan fingerprint density at radius 3 is 2.54 bits per heavy atom. The van der Waals surface area contributed by atoms with Gasteiger partial charge in [-0.05, 0) is 25.1 Å². The van der Waals surface area contributed by atoms with E-state index in [0.717, 1.165) is 34.4 Å². The molecule has 0 aliphatic carbocycles. The summed E-state index contributed by atoms with van der Waals surface area (Å²) in [5.41, 5.74) is 1.09. The number of benzene rings is 2. The van der Waals surface area contributed by atoms with Crippen molar-refractivity contribution in [2.75, 3.05) is 7.11 Å². The Balaban J connectivity index is 2.09. The summed E-state index contributed by atoms with van der Waals surface area (Å²) in [6, 6.07) is 9.51. The first-order chi connectivity index (χ1) is 12.4. The number of methoxy groups -OCH3 is 1. The van der Waals surface area contributed by atoms with Crippen LogP contribution in [-0.2, 0) is 14.3 Å².